The van der Waals surface area contributed by atoms with Gasteiger partial charge in [-0.1, -0.05) is 46.9 Å². The third-order valence-electron chi connectivity index (χ3n) is 4.81. The van der Waals surface area contributed by atoms with Gasteiger partial charge >= 0.3 is 10.1 Å². The molecule has 0 aromatic heterocycles. The molecule has 2 amide bonds. The van der Waals surface area contributed by atoms with Crippen molar-refractivity contribution in [2.24, 2.45) is 0 Å². The molecule has 1 fully saturated rings. The predicted octanol–water partition coefficient (Wildman–Crippen LogP) is 7.41. The lowest BCUT2D eigenvalue weighted by molar-refractivity contribution is -0.123. The summed E-state index contributed by atoms with van der Waals surface area (Å²) in [6, 6.07) is 15.1. The fourth-order valence-electron chi connectivity index (χ4n) is 3.07. The zero-order valence-electron chi connectivity index (χ0n) is 17.4. The van der Waals surface area contributed by atoms with Crippen molar-refractivity contribution in [2.75, 3.05) is 0 Å². The number of hydrogen-bond donors (Lipinski definition) is 0. The van der Waals surface area contributed by atoms with Crippen LogP contribution in [-0.2, 0) is 21.5 Å². The van der Waals surface area contributed by atoms with Gasteiger partial charge in [-0.05, 0) is 87.9 Å². The number of imide groups is 1. The summed E-state index contributed by atoms with van der Waals surface area (Å²) in [4.78, 5) is 26.6. The molecule has 0 spiro atoms. The number of nitrogens with zero attached hydrogens (tertiary/aromatic N) is 1. The molecule has 0 unspecified atom stereocenters. The number of thioether (sulfide) groups is 1. The first kappa shape index (κ1) is 26.1. The molecule has 3 aromatic carbocycles. The highest BCUT2D eigenvalue weighted by Gasteiger charge is 2.35. The van der Waals surface area contributed by atoms with Gasteiger partial charge in [0, 0.05) is 20.6 Å². The second kappa shape index (κ2) is 10.5. The summed E-state index contributed by atoms with van der Waals surface area (Å²) in [6.45, 7) is -0.0560. The molecule has 0 radical (unpaired) electrons. The SMILES string of the molecule is O=C1S/C(=C\c2ccc(OS(=O)(=O)c3ccc(Cl)cc3)c(Br)c2)C(=O)N1Cc1c(Cl)cccc1Cl. The Hall–Kier alpha value is -2.01. The summed E-state index contributed by atoms with van der Waals surface area (Å²) >= 11 is 22.2. The van der Waals surface area contributed by atoms with Crippen LogP contribution in [0.5, 0.6) is 5.75 Å². The van der Waals surface area contributed by atoms with Crippen molar-refractivity contribution in [3.8, 4) is 5.75 Å². The first-order valence-electron chi connectivity index (χ1n) is 9.73. The van der Waals surface area contributed by atoms with Crippen LogP contribution in [0.3, 0.4) is 0 Å². The van der Waals surface area contributed by atoms with E-state index in [4.69, 9.17) is 39.0 Å². The van der Waals surface area contributed by atoms with Crippen molar-refractivity contribution < 1.29 is 22.2 Å². The Kier molecular flexibility index (Phi) is 7.85. The fourth-order valence-corrected chi connectivity index (χ4v) is 6.08. The van der Waals surface area contributed by atoms with Crippen molar-refractivity contribution in [1.29, 1.82) is 0 Å². The van der Waals surface area contributed by atoms with Crippen LogP contribution in [0.2, 0.25) is 15.1 Å². The number of carbonyl (C=O) groups excluding carboxylic acids is 2. The normalized spacial score (nSPS) is 15.2. The van der Waals surface area contributed by atoms with E-state index >= 15 is 0 Å². The van der Waals surface area contributed by atoms with Gasteiger partial charge < -0.3 is 4.18 Å². The lowest BCUT2D eigenvalue weighted by atomic mass is 10.2. The van der Waals surface area contributed by atoms with Gasteiger partial charge in [-0.15, -0.1) is 0 Å². The van der Waals surface area contributed by atoms with Crippen molar-refractivity contribution in [3.05, 3.63) is 96.2 Å². The maximum absolute atomic E-state index is 12.9. The molecular formula is C23H13BrCl3NO5S2. The number of benzene rings is 3. The molecule has 0 saturated carbocycles. The minimum absolute atomic E-state index is 0.0508. The van der Waals surface area contributed by atoms with Gasteiger partial charge in [0.05, 0.1) is 15.9 Å². The van der Waals surface area contributed by atoms with Gasteiger partial charge in [0.1, 0.15) is 4.90 Å². The molecule has 1 aliphatic heterocycles. The van der Waals surface area contributed by atoms with Crippen LogP contribution in [0.25, 0.3) is 6.08 Å². The molecule has 6 nitrogen and oxygen atoms in total. The maximum Gasteiger partial charge on any atom is 0.339 e. The van der Waals surface area contributed by atoms with E-state index in [1.807, 2.05) is 0 Å². The Morgan fingerprint density at radius 1 is 0.971 bits per heavy atom. The van der Waals surface area contributed by atoms with E-state index in [0.29, 0.717) is 30.7 Å². The van der Waals surface area contributed by atoms with Crippen LogP contribution in [0.4, 0.5) is 4.79 Å². The molecule has 3 aromatic rings. The summed E-state index contributed by atoms with van der Waals surface area (Å²) in [5.41, 5.74) is 1.03. The van der Waals surface area contributed by atoms with Crippen molar-refractivity contribution in [1.82, 2.24) is 4.90 Å². The Bertz CT molecular complexity index is 1460. The summed E-state index contributed by atoms with van der Waals surface area (Å²) in [7, 11) is -4.08. The number of rotatable bonds is 6. The summed E-state index contributed by atoms with van der Waals surface area (Å²) in [5, 5.41) is 0.654. The van der Waals surface area contributed by atoms with Gasteiger partial charge in [0.2, 0.25) is 0 Å². The number of hydrogen-bond acceptors (Lipinski definition) is 6. The average molecular weight is 634 g/mol. The van der Waals surface area contributed by atoms with E-state index in [2.05, 4.69) is 15.9 Å². The third kappa shape index (κ3) is 5.87. The molecule has 1 heterocycles. The Morgan fingerprint density at radius 2 is 1.63 bits per heavy atom. The quantitative estimate of drug-likeness (QED) is 0.208. The zero-order chi connectivity index (χ0) is 25.3. The molecule has 4 rings (SSSR count). The highest BCUT2D eigenvalue weighted by Crippen LogP contribution is 2.37. The first-order valence-corrected chi connectivity index (χ1v) is 13.9. The Morgan fingerprint density at radius 3 is 2.26 bits per heavy atom. The standard InChI is InChI=1S/C23H13BrCl3NO5S2/c24-17-10-13(4-9-20(17)33-35(31,32)15-7-5-14(25)6-8-15)11-21-22(29)28(23(30)34-21)12-16-18(26)2-1-3-19(16)27/h1-11H,12H2/b21-11-. The molecule has 0 atom stereocenters. The average Bonchev–Trinajstić information content (AvgIpc) is 3.05. The van der Waals surface area contributed by atoms with E-state index in [9.17, 15) is 18.0 Å². The molecule has 0 aliphatic carbocycles. The van der Waals surface area contributed by atoms with E-state index in [1.54, 1.807) is 30.3 Å². The largest absolute Gasteiger partial charge is 0.378 e. The molecule has 180 valence electrons. The molecule has 0 bridgehead atoms. The first-order chi connectivity index (χ1) is 16.5. The molecule has 12 heteroatoms. The molecule has 1 aliphatic rings. The van der Waals surface area contributed by atoms with Gasteiger partial charge in [-0.2, -0.15) is 8.42 Å². The molecule has 35 heavy (non-hydrogen) atoms. The van der Waals surface area contributed by atoms with Gasteiger partial charge in [0.25, 0.3) is 11.1 Å². The lowest BCUT2D eigenvalue weighted by Crippen LogP contribution is -2.27. The van der Waals surface area contributed by atoms with Crippen molar-refractivity contribution in [2.45, 2.75) is 11.4 Å². The van der Waals surface area contributed by atoms with Gasteiger partial charge in [-0.25, -0.2) is 0 Å². The summed E-state index contributed by atoms with van der Waals surface area (Å²) < 4.78 is 30.6. The topological polar surface area (TPSA) is 80.8 Å². The van der Waals surface area contributed by atoms with Crippen molar-refractivity contribution in [3.63, 3.8) is 0 Å². The lowest BCUT2D eigenvalue weighted by Gasteiger charge is -2.14. The monoisotopic (exact) mass is 631 g/mol. The minimum Gasteiger partial charge on any atom is -0.378 e. The van der Waals surface area contributed by atoms with Crippen LogP contribution < -0.4 is 4.18 Å². The van der Waals surface area contributed by atoms with Crippen molar-refractivity contribution >= 4 is 89.8 Å². The van der Waals surface area contributed by atoms with E-state index < -0.39 is 21.3 Å². The van der Waals surface area contributed by atoms with Crippen LogP contribution in [0.1, 0.15) is 11.1 Å². The van der Waals surface area contributed by atoms with Gasteiger partial charge in [0.15, 0.2) is 5.75 Å². The maximum atomic E-state index is 12.9. The third-order valence-corrected chi connectivity index (χ3v) is 8.54. The number of amides is 2. The summed E-state index contributed by atoms with van der Waals surface area (Å²) in [5.74, 6) is -0.434. The highest BCUT2D eigenvalue weighted by molar-refractivity contribution is 9.10. The van der Waals surface area contributed by atoms with Crippen LogP contribution in [-0.4, -0.2) is 24.5 Å². The van der Waals surface area contributed by atoms with Gasteiger partial charge in [-0.3, -0.25) is 14.5 Å². The zero-order valence-corrected chi connectivity index (χ0v) is 22.9. The summed E-state index contributed by atoms with van der Waals surface area (Å²) in [6.07, 6.45) is 1.53. The Labute approximate surface area is 229 Å². The van der Waals surface area contributed by atoms with E-state index in [0.717, 1.165) is 16.7 Å². The second-order valence-electron chi connectivity index (χ2n) is 7.15. The van der Waals surface area contributed by atoms with Crippen LogP contribution >= 0.6 is 62.5 Å². The Balaban J connectivity index is 1.53. The smallest absolute Gasteiger partial charge is 0.339 e. The minimum atomic E-state index is -4.08. The highest BCUT2D eigenvalue weighted by atomic mass is 79.9. The fraction of sp³-hybridized carbons (Fsp3) is 0.0435. The molecule has 1 saturated heterocycles. The molecule has 0 N–H and O–H groups in total. The number of halogens is 4. The van der Waals surface area contributed by atoms with Crippen LogP contribution in [0, 0.1) is 0 Å². The number of carbonyl (C=O) groups is 2. The predicted molar refractivity (Wildman–Crippen MR) is 141 cm³/mol. The van der Waals surface area contributed by atoms with E-state index in [1.165, 1.54) is 36.4 Å². The van der Waals surface area contributed by atoms with E-state index in [-0.39, 0.29) is 22.1 Å². The molecular weight excluding hydrogens is 621 g/mol. The second-order valence-corrected chi connectivity index (χ2v) is 11.8. The van der Waals surface area contributed by atoms with Crippen LogP contribution in [0.15, 0.2) is 74.9 Å².